The monoisotopic (exact) mass is 297 g/mol. The van der Waals surface area contributed by atoms with E-state index in [0.717, 1.165) is 12.8 Å². The van der Waals surface area contributed by atoms with Crippen molar-refractivity contribution in [1.82, 2.24) is 5.32 Å². The zero-order chi connectivity index (χ0) is 14.7. The molecular formula is C14H19NO4S. The molecular weight excluding hydrogens is 278 g/mol. The molecule has 1 aromatic rings. The first-order chi connectivity index (χ1) is 9.47. The van der Waals surface area contributed by atoms with Gasteiger partial charge in [0.15, 0.2) is 6.10 Å². The molecule has 110 valence electrons. The topological polar surface area (TPSA) is 86.6 Å². The van der Waals surface area contributed by atoms with Crippen LogP contribution in [0.4, 0.5) is 0 Å². The van der Waals surface area contributed by atoms with Crippen LogP contribution in [-0.4, -0.2) is 34.7 Å². The van der Waals surface area contributed by atoms with Gasteiger partial charge >= 0.3 is 5.97 Å². The van der Waals surface area contributed by atoms with Crippen LogP contribution in [0.15, 0.2) is 6.07 Å². The van der Waals surface area contributed by atoms with Gasteiger partial charge < -0.3 is 15.5 Å². The fourth-order valence-corrected chi connectivity index (χ4v) is 3.48. The van der Waals surface area contributed by atoms with Crippen LogP contribution in [0.25, 0.3) is 0 Å². The van der Waals surface area contributed by atoms with E-state index in [1.165, 1.54) is 28.2 Å². The van der Waals surface area contributed by atoms with Crippen LogP contribution in [-0.2, 0) is 17.6 Å². The van der Waals surface area contributed by atoms with E-state index in [0.29, 0.717) is 10.8 Å². The van der Waals surface area contributed by atoms with Gasteiger partial charge in [-0.15, -0.1) is 11.3 Å². The largest absolute Gasteiger partial charge is 0.479 e. The average Bonchev–Trinajstić information content (AvgIpc) is 2.81. The number of carbonyl (C=O) groups is 2. The van der Waals surface area contributed by atoms with E-state index < -0.39 is 12.1 Å². The molecule has 0 saturated heterocycles. The minimum atomic E-state index is -1.42. The molecule has 1 aliphatic carbocycles. The lowest BCUT2D eigenvalue weighted by Crippen LogP contribution is -2.29. The predicted octanol–water partition coefficient (Wildman–Crippen LogP) is 1.44. The van der Waals surface area contributed by atoms with Gasteiger partial charge in [0, 0.05) is 17.8 Å². The summed E-state index contributed by atoms with van der Waals surface area (Å²) in [7, 11) is 0. The summed E-state index contributed by atoms with van der Waals surface area (Å²) in [5.74, 6) is -0.784. The maximum atomic E-state index is 12.0. The number of aliphatic hydroxyl groups is 1. The summed E-state index contributed by atoms with van der Waals surface area (Å²) in [5.41, 5.74) is 1.27. The molecule has 5 nitrogen and oxygen atoms in total. The minimum Gasteiger partial charge on any atom is -0.479 e. The molecule has 0 fully saturated rings. The highest BCUT2D eigenvalue weighted by Gasteiger charge is 2.21. The second-order valence-corrected chi connectivity index (χ2v) is 6.44. The molecule has 3 N–H and O–H groups in total. The molecule has 1 heterocycles. The van der Waals surface area contributed by atoms with E-state index in [2.05, 4.69) is 12.2 Å². The SMILES string of the molecule is CC1CCc2sc(C(=O)NCCC(O)C(=O)O)cc2C1. The van der Waals surface area contributed by atoms with Gasteiger partial charge in [0.05, 0.1) is 4.88 Å². The van der Waals surface area contributed by atoms with E-state index in [9.17, 15) is 9.59 Å². The molecule has 0 radical (unpaired) electrons. The van der Waals surface area contributed by atoms with Crippen molar-refractivity contribution in [3.8, 4) is 0 Å². The molecule has 1 amide bonds. The molecule has 2 rings (SSSR count). The van der Waals surface area contributed by atoms with Crippen LogP contribution in [0.2, 0.25) is 0 Å². The zero-order valence-corrected chi connectivity index (χ0v) is 12.2. The Morgan fingerprint density at radius 1 is 1.55 bits per heavy atom. The average molecular weight is 297 g/mol. The third kappa shape index (κ3) is 3.58. The standard InChI is InChI=1S/C14H19NO4S/c1-8-2-3-11-9(6-8)7-12(20-11)13(17)15-5-4-10(16)14(18)19/h7-8,10,16H,2-6H2,1H3,(H,15,17)(H,18,19). The van der Waals surface area contributed by atoms with Crippen molar-refractivity contribution in [2.24, 2.45) is 5.92 Å². The molecule has 2 unspecified atom stereocenters. The second kappa shape index (κ2) is 6.37. The Hall–Kier alpha value is -1.40. The van der Waals surface area contributed by atoms with E-state index in [-0.39, 0.29) is 18.9 Å². The molecule has 0 saturated carbocycles. The molecule has 0 spiro atoms. The Kier molecular flexibility index (Phi) is 4.77. The first kappa shape index (κ1) is 15.0. The number of rotatable bonds is 5. The summed E-state index contributed by atoms with van der Waals surface area (Å²) in [6, 6.07) is 1.94. The molecule has 0 aliphatic heterocycles. The van der Waals surface area contributed by atoms with Crippen molar-refractivity contribution >= 4 is 23.2 Å². The third-order valence-electron chi connectivity index (χ3n) is 3.54. The molecule has 0 aromatic carbocycles. The molecule has 20 heavy (non-hydrogen) atoms. The molecule has 1 aliphatic rings. The van der Waals surface area contributed by atoms with Crippen molar-refractivity contribution in [1.29, 1.82) is 0 Å². The van der Waals surface area contributed by atoms with Crippen molar-refractivity contribution in [3.05, 3.63) is 21.4 Å². The number of thiophene rings is 1. The van der Waals surface area contributed by atoms with Gasteiger partial charge in [-0.2, -0.15) is 0 Å². The van der Waals surface area contributed by atoms with Crippen molar-refractivity contribution < 1.29 is 19.8 Å². The van der Waals surface area contributed by atoms with Crippen molar-refractivity contribution in [2.75, 3.05) is 6.54 Å². The summed E-state index contributed by atoms with van der Waals surface area (Å²) in [6.07, 6.45) is 1.82. The first-order valence-electron chi connectivity index (χ1n) is 6.78. The normalized spacial score (nSPS) is 19.2. The number of fused-ring (bicyclic) bond motifs is 1. The lowest BCUT2D eigenvalue weighted by atomic mass is 9.90. The number of hydrogen-bond donors (Lipinski definition) is 3. The Balaban J connectivity index is 1.89. The predicted molar refractivity (Wildman–Crippen MR) is 76.1 cm³/mol. The fraction of sp³-hybridized carbons (Fsp3) is 0.571. The van der Waals surface area contributed by atoms with Gasteiger partial charge in [-0.3, -0.25) is 4.79 Å². The lowest BCUT2D eigenvalue weighted by molar-refractivity contribution is -0.146. The van der Waals surface area contributed by atoms with Gasteiger partial charge in [-0.1, -0.05) is 6.92 Å². The fourth-order valence-electron chi connectivity index (χ4n) is 2.35. The Bertz CT molecular complexity index is 511. The van der Waals surface area contributed by atoms with Crippen molar-refractivity contribution in [2.45, 2.75) is 38.7 Å². The van der Waals surface area contributed by atoms with Gasteiger partial charge in [-0.05, 0) is 36.8 Å². The Labute approximate surface area is 121 Å². The number of aliphatic carboxylic acids is 1. The highest BCUT2D eigenvalue weighted by molar-refractivity contribution is 7.14. The summed E-state index contributed by atoms with van der Waals surface area (Å²) in [6.45, 7) is 2.37. The summed E-state index contributed by atoms with van der Waals surface area (Å²) in [4.78, 5) is 24.4. The van der Waals surface area contributed by atoms with Crippen molar-refractivity contribution in [3.63, 3.8) is 0 Å². The number of aliphatic hydroxyl groups excluding tert-OH is 1. The number of carboxylic acid groups (broad SMARTS) is 1. The smallest absolute Gasteiger partial charge is 0.332 e. The van der Waals surface area contributed by atoms with Gasteiger partial charge in [0.2, 0.25) is 0 Å². The Morgan fingerprint density at radius 2 is 2.30 bits per heavy atom. The number of carboxylic acids is 1. The highest BCUT2D eigenvalue weighted by Crippen LogP contribution is 2.32. The van der Waals surface area contributed by atoms with E-state index in [1.807, 2.05) is 6.07 Å². The summed E-state index contributed by atoms with van der Waals surface area (Å²) < 4.78 is 0. The quantitative estimate of drug-likeness (QED) is 0.767. The second-order valence-electron chi connectivity index (χ2n) is 5.31. The number of aryl methyl sites for hydroxylation is 1. The lowest BCUT2D eigenvalue weighted by Gasteiger charge is -2.16. The summed E-state index contributed by atoms with van der Waals surface area (Å²) >= 11 is 1.52. The molecule has 2 atom stereocenters. The number of amides is 1. The maximum absolute atomic E-state index is 12.0. The zero-order valence-electron chi connectivity index (χ0n) is 11.4. The highest BCUT2D eigenvalue weighted by atomic mass is 32.1. The van der Waals surface area contributed by atoms with Crippen LogP contribution in [0.3, 0.4) is 0 Å². The van der Waals surface area contributed by atoms with Crippen LogP contribution in [0.5, 0.6) is 0 Å². The maximum Gasteiger partial charge on any atom is 0.332 e. The van der Waals surface area contributed by atoms with Gasteiger partial charge in [-0.25, -0.2) is 4.79 Å². The van der Waals surface area contributed by atoms with Crippen LogP contribution in [0, 0.1) is 5.92 Å². The minimum absolute atomic E-state index is 0.0171. The van der Waals surface area contributed by atoms with Crippen LogP contribution >= 0.6 is 11.3 Å². The van der Waals surface area contributed by atoms with Crippen LogP contribution in [0.1, 0.15) is 39.9 Å². The molecule has 1 aromatic heterocycles. The number of carbonyl (C=O) groups excluding carboxylic acids is 1. The van der Waals surface area contributed by atoms with E-state index in [1.54, 1.807) is 0 Å². The van der Waals surface area contributed by atoms with E-state index in [4.69, 9.17) is 10.2 Å². The van der Waals surface area contributed by atoms with Crippen LogP contribution < -0.4 is 5.32 Å². The molecule has 0 bridgehead atoms. The Morgan fingerprint density at radius 3 is 3.00 bits per heavy atom. The van der Waals surface area contributed by atoms with Gasteiger partial charge in [0.25, 0.3) is 5.91 Å². The third-order valence-corrected chi connectivity index (χ3v) is 4.78. The van der Waals surface area contributed by atoms with E-state index >= 15 is 0 Å². The number of hydrogen-bond acceptors (Lipinski definition) is 4. The summed E-state index contributed by atoms with van der Waals surface area (Å²) in [5, 5.41) is 20.3. The molecule has 6 heteroatoms. The van der Waals surface area contributed by atoms with Gasteiger partial charge in [0.1, 0.15) is 0 Å². The first-order valence-corrected chi connectivity index (χ1v) is 7.59. The number of nitrogens with one attached hydrogen (secondary N) is 1.